The van der Waals surface area contributed by atoms with Gasteiger partial charge in [-0.1, -0.05) is 30.3 Å². The van der Waals surface area contributed by atoms with Crippen LogP contribution in [0.4, 0.5) is 5.82 Å². The van der Waals surface area contributed by atoms with E-state index >= 15 is 0 Å². The lowest BCUT2D eigenvalue weighted by Gasteiger charge is -2.05. The zero-order valence-electron chi connectivity index (χ0n) is 11.8. The Balaban J connectivity index is 1.89. The number of anilines is 1. The summed E-state index contributed by atoms with van der Waals surface area (Å²) < 4.78 is 6.63. The molecule has 0 aliphatic rings. The third-order valence-electron chi connectivity index (χ3n) is 3.15. The van der Waals surface area contributed by atoms with Crippen molar-refractivity contribution in [2.45, 2.75) is 6.54 Å². The molecule has 22 heavy (non-hydrogen) atoms. The fraction of sp³-hybridized carbons (Fsp3) is 0.125. The molecule has 0 atom stereocenters. The number of amides is 1. The molecule has 3 rings (SSSR count). The number of nitrogens with zero attached hydrogens (tertiary/aromatic N) is 2. The fourth-order valence-electron chi connectivity index (χ4n) is 2.12. The molecule has 0 saturated heterocycles. The molecule has 3 aromatic rings. The Morgan fingerprint density at radius 2 is 2.05 bits per heavy atom. The third-order valence-corrected chi connectivity index (χ3v) is 3.15. The van der Waals surface area contributed by atoms with Crippen LogP contribution >= 0.6 is 0 Å². The number of hydrogen-bond donors (Lipinski definition) is 2. The van der Waals surface area contributed by atoms with Crippen molar-refractivity contribution in [1.82, 2.24) is 9.78 Å². The lowest BCUT2D eigenvalue weighted by atomic mass is 10.1. The second-order valence-electron chi connectivity index (χ2n) is 4.66. The van der Waals surface area contributed by atoms with Crippen LogP contribution in [0.15, 0.2) is 59.2 Å². The first-order valence-corrected chi connectivity index (χ1v) is 6.87. The number of benzene rings is 1. The molecule has 2 heterocycles. The van der Waals surface area contributed by atoms with Crippen LogP contribution in [0.25, 0.3) is 11.3 Å². The molecule has 0 saturated carbocycles. The number of carbonyl (C=O) groups excluding carboxylic acids is 1. The quantitative estimate of drug-likeness (QED) is 0.757. The van der Waals surface area contributed by atoms with E-state index in [1.165, 1.54) is 6.26 Å². The van der Waals surface area contributed by atoms with E-state index in [0.717, 1.165) is 11.3 Å². The van der Waals surface area contributed by atoms with Gasteiger partial charge in [0, 0.05) is 11.6 Å². The maximum Gasteiger partial charge on any atom is 0.292 e. The molecule has 1 amide bonds. The highest BCUT2D eigenvalue weighted by Crippen LogP contribution is 2.22. The molecule has 0 aliphatic carbocycles. The van der Waals surface area contributed by atoms with Gasteiger partial charge in [-0.25, -0.2) is 4.68 Å². The Labute approximate surface area is 127 Å². The standard InChI is InChI=1S/C16H15N3O3/c20-9-8-19-15(17-16(21)14-7-4-10-22-14)11-13(18-19)12-5-2-1-3-6-12/h1-7,10-11,20H,8-9H2,(H,17,21). The number of nitrogens with one attached hydrogen (secondary N) is 1. The highest BCUT2D eigenvalue weighted by Gasteiger charge is 2.14. The van der Waals surface area contributed by atoms with Gasteiger partial charge in [0.2, 0.25) is 0 Å². The van der Waals surface area contributed by atoms with Gasteiger partial charge in [-0.05, 0) is 12.1 Å². The zero-order valence-corrected chi connectivity index (χ0v) is 11.8. The SMILES string of the molecule is O=C(Nc1cc(-c2ccccc2)nn1CCO)c1ccco1. The predicted molar refractivity (Wildman–Crippen MR) is 81.4 cm³/mol. The minimum Gasteiger partial charge on any atom is -0.459 e. The van der Waals surface area contributed by atoms with Gasteiger partial charge in [-0.2, -0.15) is 5.10 Å². The van der Waals surface area contributed by atoms with E-state index in [9.17, 15) is 4.79 Å². The predicted octanol–water partition coefficient (Wildman–Crippen LogP) is 2.39. The summed E-state index contributed by atoms with van der Waals surface area (Å²) in [5.41, 5.74) is 1.66. The van der Waals surface area contributed by atoms with Gasteiger partial charge >= 0.3 is 0 Å². The summed E-state index contributed by atoms with van der Waals surface area (Å²) in [5, 5.41) is 16.3. The van der Waals surface area contributed by atoms with Gasteiger partial charge in [-0.15, -0.1) is 0 Å². The number of aromatic nitrogens is 2. The summed E-state index contributed by atoms with van der Waals surface area (Å²) in [6.45, 7) is 0.222. The average Bonchev–Trinajstić information content (AvgIpc) is 3.19. The molecular formula is C16H15N3O3. The molecule has 0 unspecified atom stereocenters. The second kappa shape index (κ2) is 6.28. The Morgan fingerprint density at radius 1 is 1.23 bits per heavy atom. The molecule has 6 nitrogen and oxygen atoms in total. The molecule has 112 valence electrons. The molecule has 2 N–H and O–H groups in total. The van der Waals surface area contributed by atoms with E-state index in [0.29, 0.717) is 12.4 Å². The lowest BCUT2D eigenvalue weighted by molar-refractivity contribution is 0.0995. The van der Waals surface area contributed by atoms with E-state index in [1.807, 2.05) is 30.3 Å². The summed E-state index contributed by atoms with van der Waals surface area (Å²) in [7, 11) is 0. The molecule has 6 heteroatoms. The highest BCUT2D eigenvalue weighted by molar-refractivity contribution is 6.01. The minimum absolute atomic E-state index is 0.0699. The van der Waals surface area contributed by atoms with E-state index in [1.54, 1.807) is 22.9 Å². The zero-order chi connectivity index (χ0) is 15.4. The summed E-state index contributed by atoms with van der Waals surface area (Å²) in [4.78, 5) is 12.1. The van der Waals surface area contributed by atoms with Crippen LogP contribution < -0.4 is 5.32 Å². The molecule has 1 aromatic carbocycles. The van der Waals surface area contributed by atoms with Crippen molar-refractivity contribution in [2.75, 3.05) is 11.9 Å². The number of hydrogen-bond acceptors (Lipinski definition) is 4. The van der Waals surface area contributed by atoms with Crippen LogP contribution in [-0.4, -0.2) is 27.4 Å². The summed E-state index contributed by atoms with van der Waals surface area (Å²) in [6.07, 6.45) is 1.44. The first kappa shape index (κ1) is 14.1. The number of furan rings is 1. The lowest BCUT2D eigenvalue weighted by Crippen LogP contribution is -2.16. The molecule has 0 radical (unpaired) electrons. The van der Waals surface area contributed by atoms with Crippen molar-refractivity contribution in [3.63, 3.8) is 0 Å². The van der Waals surface area contributed by atoms with E-state index in [2.05, 4.69) is 10.4 Å². The molecule has 0 aliphatic heterocycles. The van der Waals surface area contributed by atoms with Crippen LogP contribution in [0.5, 0.6) is 0 Å². The smallest absolute Gasteiger partial charge is 0.292 e. The number of rotatable bonds is 5. The van der Waals surface area contributed by atoms with E-state index in [-0.39, 0.29) is 18.3 Å². The largest absolute Gasteiger partial charge is 0.459 e. The van der Waals surface area contributed by atoms with Crippen LogP contribution in [0.1, 0.15) is 10.6 Å². The van der Waals surface area contributed by atoms with Gasteiger partial charge in [0.15, 0.2) is 5.76 Å². The van der Waals surface area contributed by atoms with Crippen LogP contribution in [0.2, 0.25) is 0 Å². The molecule has 2 aromatic heterocycles. The third kappa shape index (κ3) is 2.91. The number of aliphatic hydroxyl groups is 1. The van der Waals surface area contributed by atoms with E-state index < -0.39 is 0 Å². The topological polar surface area (TPSA) is 80.3 Å². The van der Waals surface area contributed by atoms with Crippen molar-refractivity contribution in [2.24, 2.45) is 0 Å². The molecule has 0 spiro atoms. The number of aliphatic hydroxyl groups excluding tert-OH is 1. The van der Waals surface area contributed by atoms with Gasteiger partial charge in [0.05, 0.1) is 25.1 Å². The van der Waals surface area contributed by atoms with Crippen molar-refractivity contribution in [3.05, 3.63) is 60.6 Å². The summed E-state index contributed by atoms with van der Waals surface area (Å²) >= 11 is 0. The maximum atomic E-state index is 12.1. The molecule has 0 fully saturated rings. The van der Waals surface area contributed by atoms with Gasteiger partial charge < -0.3 is 14.8 Å². The molecule has 0 bridgehead atoms. The van der Waals surface area contributed by atoms with Crippen molar-refractivity contribution < 1.29 is 14.3 Å². The van der Waals surface area contributed by atoms with Crippen LogP contribution in [0.3, 0.4) is 0 Å². The highest BCUT2D eigenvalue weighted by atomic mass is 16.3. The van der Waals surface area contributed by atoms with Crippen molar-refractivity contribution in [1.29, 1.82) is 0 Å². The van der Waals surface area contributed by atoms with Crippen molar-refractivity contribution >= 4 is 11.7 Å². The number of carbonyl (C=O) groups is 1. The van der Waals surface area contributed by atoms with E-state index in [4.69, 9.17) is 9.52 Å². The van der Waals surface area contributed by atoms with Gasteiger partial charge in [0.25, 0.3) is 5.91 Å². The second-order valence-corrected chi connectivity index (χ2v) is 4.66. The average molecular weight is 297 g/mol. The summed E-state index contributed by atoms with van der Waals surface area (Å²) in [6, 6.07) is 14.6. The first-order chi connectivity index (χ1) is 10.8. The molecular weight excluding hydrogens is 282 g/mol. The Kier molecular flexibility index (Phi) is 4.02. The Morgan fingerprint density at radius 3 is 2.73 bits per heavy atom. The first-order valence-electron chi connectivity index (χ1n) is 6.87. The summed E-state index contributed by atoms with van der Waals surface area (Å²) in [5.74, 6) is 0.371. The van der Waals surface area contributed by atoms with Gasteiger partial charge in [-0.3, -0.25) is 4.79 Å². The minimum atomic E-state index is -0.358. The van der Waals surface area contributed by atoms with Crippen molar-refractivity contribution in [3.8, 4) is 11.3 Å². The Bertz CT molecular complexity index is 748. The fourth-order valence-corrected chi connectivity index (χ4v) is 2.12. The normalized spacial score (nSPS) is 10.6. The Hall–Kier alpha value is -2.86. The van der Waals surface area contributed by atoms with Crippen LogP contribution in [-0.2, 0) is 6.54 Å². The van der Waals surface area contributed by atoms with Crippen LogP contribution in [0, 0.1) is 0 Å². The monoisotopic (exact) mass is 297 g/mol. The van der Waals surface area contributed by atoms with Gasteiger partial charge in [0.1, 0.15) is 5.82 Å². The maximum absolute atomic E-state index is 12.1.